The van der Waals surface area contributed by atoms with E-state index in [9.17, 15) is 28.7 Å². The second kappa shape index (κ2) is 13.2. The van der Waals surface area contributed by atoms with Crippen molar-refractivity contribution in [3.05, 3.63) is 144 Å². The number of hydrogen-bond acceptors (Lipinski definition) is 8. The van der Waals surface area contributed by atoms with Gasteiger partial charge in [-0.1, -0.05) is 156 Å². The van der Waals surface area contributed by atoms with Crippen LogP contribution in [-0.2, 0) is 20.2 Å². The fourth-order valence-electron chi connectivity index (χ4n) is 6.79. The lowest BCUT2D eigenvalue weighted by Gasteiger charge is -2.55. The minimum Gasteiger partial charge on any atom is -0.811 e. The van der Waals surface area contributed by atoms with Gasteiger partial charge in [-0.3, -0.25) is 10.6 Å². The van der Waals surface area contributed by atoms with Crippen LogP contribution in [0.5, 0.6) is 0 Å². The first-order chi connectivity index (χ1) is 21.0. The monoisotopic (exact) mass is 630 g/mol. The van der Waals surface area contributed by atoms with Crippen molar-refractivity contribution in [2.75, 3.05) is 12.3 Å². The van der Waals surface area contributed by atoms with E-state index in [-0.39, 0.29) is 0 Å². The van der Waals surface area contributed by atoms with E-state index in [1.807, 2.05) is 24.3 Å². The third-order valence-corrected chi connectivity index (χ3v) is 10.3. The fourth-order valence-corrected chi connectivity index (χ4v) is 8.84. The van der Waals surface area contributed by atoms with Crippen LogP contribution in [0.1, 0.15) is 54.4 Å². The van der Waals surface area contributed by atoms with Crippen molar-refractivity contribution in [3.8, 4) is 0 Å². The maximum atomic E-state index is 12.7. The quantitative estimate of drug-likeness (QED) is 0.178. The van der Waals surface area contributed by atoms with Crippen LogP contribution in [0.2, 0.25) is 0 Å². The Bertz CT molecular complexity index is 1390. The van der Waals surface area contributed by atoms with Crippen LogP contribution >= 0.6 is 15.2 Å². The summed E-state index contributed by atoms with van der Waals surface area (Å²) in [6, 6.07) is 35.9. The molecule has 1 saturated carbocycles. The number of rotatable bonds is 12. The Labute approximate surface area is 258 Å². The van der Waals surface area contributed by atoms with Crippen molar-refractivity contribution in [1.29, 1.82) is 0 Å². The van der Waals surface area contributed by atoms with Gasteiger partial charge < -0.3 is 28.7 Å². The minimum atomic E-state index is -5.15. The highest BCUT2D eigenvalue weighted by molar-refractivity contribution is 7.49. The molecule has 0 aromatic heterocycles. The smallest absolute Gasteiger partial charge is 0.0751 e. The molecule has 44 heavy (non-hydrogen) atoms. The average molecular weight is 631 g/mol. The van der Waals surface area contributed by atoms with Gasteiger partial charge in [-0.15, -0.1) is 0 Å². The van der Waals surface area contributed by atoms with Crippen LogP contribution in [0, 0.1) is 0 Å². The van der Waals surface area contributed by atoms with Gasteiger partial charge >= 0.3 is 0 Å². The molecule has 1 fully saturated rings. The molecule has 10 heteroatoms. The van der Waals surface area contributed by atoms with E-state index in [0.717, 1.165) is 19.3 Å². The van der Waals surface area contributed by atoms with E-state index in [2.05, 4.69) is 10.6 Å². The van der Waals surface area contributed by atoms with Crippen molar-refractivity contribution in [2.45, 2.75) is 48.8 Å². The standard InChI is InChI=1S/C34H40N2O6P2/c37-43(38,39)26-33(28-16-6-1-7-17-28,29-18-8-2-9-19-29)35-32(24-14-5-15-25-32)36-34(27-44(40,41)42,30-20-10-3-11-21-30)31-22-12-4-13-23-31/h1-4,6-13,16-23,35-36H,5,14-15,24-27H2,(H2,37,38,39)(H2,40,41,42)/p-4. The Morgan fingerprint density at radius 3 is 1.02 bits per heavy atom. The minimum absolute atomic E-state index is 0.486. The van der Waals surface area contributed by atoms with E-state index >= 15 is 0 Å². The summed E-state index contributed by atoms with van der Waals surface area (Å²) in [6.07, 6.45) is 1.86. The molecule has 4 aromatic rings. The summed E-state index contributed by atoms with van der Waals surface area (Å²) in [4.78, 5) is 51.0. The maximum absolute atomic E-state index is 12.7. The lowest BCUT2D eigenvalue weighted by Crippen LogP contribution is -2.71. The van der Waals surface area contributed by atoms with Gasteiger partial charge in [-0.25, -0.2) is 0 Å². The van der Waals surface area contributed by atoms with Gasteiger partial charge in [0, 0.05) is 12.3 Å². The summed E-state index contributed by atoms with van der Waals surface area (Å²) >= 11 is 0. The van der Waals surface area contributed by atoms with Crippen molar-refractivity contribution in [1.82, 2.24) is 10.6 Å². The molecule has 0 atom stereocenters. The molecular formula is C34H36N2O6P2-4. The second-order valence-electron chi connectivity index (χ2n) is 11.7. The van der Waals surface area contributed by atoms with Gasteiger partial charge in [0.1, 0.15) is 0 Å². The molecule has 4 aromatic carbocycles. The predicted octanol–water partition coefficient (Wildman–Crippen LogP) is 3.54. The van der Waals surface area contributed by atoms with Gasteiger partial charge in [0.25, 0.3) is 0 Å². The highest BCUT2D eigenvalue weighted by atomic mass is 31.2. The van der Waals surface area contributed by atoms with Crippen molar-refractivity contribution < 1.29 is 28.7 Å². The Hall–Kier alpha value is -2.90. The lowest BCUT2D eigenvalue weighted by molar-refractivity contribution is -0.316. The van der Waals surface area contributed by atoms with E-state index in [4.69, 9.17) is 0 Å². The lowest BCUT2D eigenvalue weighted by atomic mass is 9.76. The largest absolute Gasteiger partial charge is 0.811 e. The van der Waals surface area contributed by atoms with Crippen LogP contribution in [0.3, 0.4) is 0 Å². The molecule has 0 heterocycles. The first-order valence-corrected chi connectivity index (χ1v) is 18.2. The molecule has 8 nitrogen and oxygen atoms in total. The molecule has 0 amide bonds. The third kappa shape index (κ3) is 7.48. The van der Waals surface area contributed by atoms with Gasteiger partial charge in [0.15, 0.2) is 0 Å². The van der Waals surface area contributed by atoms with Gasteiger partial charge in [-0.2, -0.15) is 0 Å². The highest BCUT2D eigenvalue weighted by Crippen LogP contribution is 2.47. The van der Waals surface area contributed by atoms with E-state index in [0.29, 0.717) is 35.1 Å². The normalized spacial score (nSPS) is 16.0. The fraction of sp³-hybridized carbons (Fsp3) is 0.294. The number of hydrogen-bond donors (Lipinski definition) is 2. The first kappa shape index (κ1) is 32.5. The summed E-state index contributed by atoms with van der Waals surface area (Å²) in [5.41, 5.74) is -1.78. The van der Waals surface area contributed by atoms with Crippen molar-refractivity contribution >= 4 is 15.2 Å². The summed E-state index contributed by atoms with van der Waals surface area (Å²) in [5.74, 6) is 0. The van der Waals surface area contributed by atoms with E-state index in [1.54, 1.807) is 97.1 Å². The Kier molecular flexibility index (Phi) is 9.76. The zero-order valence-corrected chi connectivity index (χ0v) is 26.1. The van der Waals surface area contributed by atoms with Crippen molar-refractivity contribution in [3.63, 3.8) is 0 Å². The van der Waals surface area contributed by atoms with E-state index < -0.39 is 44.3 Å². The molecule has 232 valence electrons. The zero-order chi connectivity index (χ0) is 31.3. The van der Waals surface area contributed by atoms with Crippen LogP contribution in [-0.4, -0.2) is 18.0 Å². The molecule has 0 radical (unpaired) electrons. The Morgan fingerprint density at radius 1 is 0.500 bits per heavy atom. The number of nitrogens with one attached hydrogen (secondary N) is 2. The topological polar surface area (TPSA) is 150 Å². The molecule has 0 aliphatic heterocycles. The van der Waals surface area contributed by atoms with Gasteiger partial charge in [0.2, 0.25) is 0 Å². The van der Waals surface area contributed by atoms with Crippen LogP contribution in [0.15, 0.2) is 121 Å². The molecule has 1 aliphatic rings. The molecule has 1 aliphatic carbocycles. The Morgan fingerprint density at radius 2 is 0.773 bits per heavy atom. The third-order valence-electron chi connectivity index (χ3n) is 8.54. The molecule has 0 bridgehead atoms. The highest BCUT2D eigenvalue weighted by Gasteiger charge is 2.48. The van der Waals surface area contributed by atoms with Gasteiger partial charge in [-0.05, 0) is 35.1 Å². The average Bonchev–Trinajstić information content (AvgIpc) is 3.01. The molecule has 5 rings (SSSR count). The Balaban J connectivity index is 1.77. The van der Waals surface area contributed by atoms with Crippen LogP contribution in [0.25, 0.3) is 0 Å². The predicted molar refractivity (Wildman–Crippen MR) is 164 cm³/mol. The second-order valence-corrected chi connectivity index (χ2v) is 14.8. The van der Waals surface area contributed by atoms with Crippen LogP contribution < -0.4 is 30.2 Å². The van der Waals surface area contributed by atoms with Crippen LogP contribution in [0.4, 0.5) is 0 Å². The summed E-state index contributed by atoms with van der Waals surface area (Å²) in [6.45, 7) is 0. The summed E-state index contributed by atoms with van der Waals surface area (Å²) in [5, 5.41) is 7.35. The SMILES string of the molecule is O=P([O-])([O-])CC(NC1(NC(CP(=O)([O-])[O-])(c2ccccc2)c2ccccc2)CCCCC1)(c1ccccc1)c1ccccc1. The molecule has 0 spiro atoms. The number of benzene rings is 4. The zero-order valence-electron chi connectivity index (χ0n) is 24.3. The van der Waals surface area contributed by atoms with Crippen molar-refractivity contribution in [2.24, 2.45) is 0 Å². The molecular weight excluding hydrogens is 594 g/mol. The first-order valence-electron chi connectivity index (χ1n) is 14.8. The molecule has 0 unspecified atom stereocenters. The summed E-state index contributed by atoms with van der Waals surface area (Å²) < 4.78 is 25.5. The molecule has 2 N–H and O–H groups in total. The summed E-state index contributed by atoms with van der Waals surface area (Å²) in [7, 11) is -10.3. The maximum Gasteiger partial charge on any atom is 0.0751 e. The van der Waals surface area contributed by atoms with Gasteiger partial charge in [0.05, 0.1) is 16.7 Å². The van der Waals surface area contributed by atoms with E-state index in [1.165, 1.54) is 0 Å². The molecule has 0 saturated heterocycles.